The minimum atomic E-state index is -1.98. The Morgan fingerprint density at radius 2 is 0.657 bits per heavy atom. The quantitative estimate of drug-likeness (QED) is 0.0199. The Morgan fingerprint density at radius 3 is 1.04 bits per heavy atom. The third kappa shape index (κ3) is 43.1. The van der Waals surface area contributed by atoms with Gasteiger partial charge < -0.3 is 89.9 Å². The topological polar surface area (TPSA) is 307 Å². The Labute approximate surface area is 618 Å². The lowest BCUT2D eigenvalue weighted by Gasteiger charge is -2.48. The van der Waals surface area contributed by atoms with E-state index in [1.165, 1.54) is 263 Å². The molecule has 0 aromatic carbocycles. The highest BCUT2D eigenvalue weighted by Crippen LogP contribution is 2.33. The summed E-state index contributed by atoms with van der Waals surface area (Å²) in [6.07, 6.45) is 54.0. The largest absolute Gasteiger partial charge is 0.394 e. The molecule has 1 amide bonds. The van der Waals surface area contributed by atoms with Gasteiger partial charge in [0, 0.05) is 6.42 Å². The third-order valence-corrected chi connectivity index (χ3v) is 20.8. The summed E-state index contributed by atoms with van der Waals surface area (Å²) in [5, 5.41) is 121. The zero-order valence-corrected chi connectivity index (χ0v) is 64.1. The average Bonchev–Trinajstić information content (AvgIpc) is 0.781. The molecule has 0 spiro atoms. The molecule has 102 heavy (non-hydrogen) atoms. The first-order chi connectivity index (χ1) is 49.8. The van der Waals surface area contributed by atoms with Crippen LogP contribution in [0.5, 0.6) is 0 Å². The van der Waals surface area contributed by atoms with E-state index in [4.69, 9.17) is 28.4 Å². The van der Waals surface area contributed by atoms with Gasteiger partial charge in [0.05, 0.1) is 38.6 Å². The maximum Gasteiger partial charge on any atom is 0.220 e. The first-order valence-electron chi connectivity index (χ1n) is 41.9. The molecule has 3 saturated heterocycles. The fraction of sp³-hybridized carbons (Fsp3) is 0.892. The van der Waals surface area contributed by atoms with E-state index in [9.17, 15) is 61.0 Å². The number of rotatable bonds is 67. The van der Waals surface area contributed by atoms with Gasteiger partial charge in [-0.15, -0.1) is 0 Å². The van der Waals surface area contributed by atoms with Crippen molar-refractivity contribution in [3.05, 3.63) is 48.6 Å². The summed E-state index contributed by atoms with van der Waals surface area (Å²) >= 11 is 0. The van der Waals surface area contributed by atoms with E-state index >= 15 is 0 Å². The number of allylic oxidation sites excluding steroid dienone is 7. The van der Waals surface area contributed by atoms with Crippen molar-refractivity contribution in [3.63, 3.8) is 0 Å². The molecule has 19 nitrogen and oxygen atoms in total. The van der Waals surface area contributed by atoms with Crippen LogP contribution in [0.3, 0.4) is 0 Å². The van der Waals surface area contributed by atoms with E-state index in [1.807, 2.05) is 6.08 Å². The van der Waals surface area contributed by atoms with Crippen LogP contribution in [0.1, 0.15) is 341 Å². The molecule has 17 unspecified atom stereocenters. The number of unbranched alkanes of at least 4 members (excludes halogenated alkanes) is 45. The second-order valence-corrected chi connectivity index (χ2v) is 29.9. The maximum atomic E-state index is 13.5. The van der Waals surface area contributed by atoms with Gasteiger partial charge in [-0.25, -0.2) is 0 Å². The number of aliphatic hydroxyl groups is 11. The summed E-state index contributed by atoms with van der Waals surface area (Å²) in [5.74, 6) is -0.279. The SMILES string of the molecule is CCCCCCC/C=C\C/C=C\CCCCCCCCCCCCCCCCCCCCCCCCCC(=O)NC(COC1OC(CO)C(OC2OC(CO)C(OC3OC(CO)C(O)C(O)C3O)C(O)C2O)C(O)C1O)C(O)/C=C/CC/C=C/CCCCCCCCCCCCCCCCCC. The minimum Gasteiger partial charge on any atom is -0.394 e. The number of amides is 1. The van der Waals surface area contributed by atoms with Crippen molar-refractivity contribution in [1.82, 2.24) is 5.32 Å². The minimum absolute atomic E-state index is 0.239. The van der Waals surface area contributed by atoms with Crippen LogP contribution in [0, 0.1) is 0 Å². The van der Waals surface area contributed by atoms with Crippen LogP contribution in [0.2, 0.25) is 0 Å². The summed E-state index contributed by atoms with van der Waals surface area (Å²) in [6, 6.07) is -0.990. The fourth-order valence-corrected chi connectivity index (χ4v) is 14.1. The van der Waals surface area contributed by atoms with E-state index in [0.717, 1.165) is 44.9 Å². The molecule has 0 bridgehead atoms. The summed E-state index contributed by atoms with van der Waals surface area (Å²) in [4.78, 5) is 13.5. The number of aliphatic hydroxyl groups excluding tert-OH is 11. The van der Waals surface area contributed by atoms with Crippen LogP contribution in [-0.2, 0) is 33.2 Å². The predicted molar refractivity (Wildman–Crippen MR) is 406 cm³/mol. The van der Waals surface area contributed by atoms with Gasteiger partial charge in [-0.2, -0.15) is 0 Å². The lowest BCUT2D eigenvalue weighted by molar-refractivity contribution is -0.379. The van der Waals surface area contributed by atoms with Crippen molar-refractivity contribution in [2.45, 2.75) is 446 Å². The summed E-state index contributed by atoms with van der Waals surface area (Å²) in [7, 11) is 0. The molecule has 598 valence electrons. The molecule has 3 rings (SSSR count). The van der Waals surface area contributed by atoms with Gasteiger partial charge in [-0.05, 0) is 64.2 Å². The normalized spacial score (nSPS) is 26.4. The second-order valence-electron chi connectivity index (χ2n) is 29.9. The van der Waals surface area contributed by atoms with Gasteiger partial charge in [0.25, 0.3) is 0 Å². The molecule has 3 aliphatic rings. The molecule has 0 radical (unpaired) electrons. The maximum absolute atomic E-state index is 13.5. The van der Waals surface area contributed by atoms with E-state index in [2.05, 4.69) is 55.6 Å². The average molecular weight is 1450 g/mol. The van der Waals surface area contributed by atoms with Gasteiger partial charge in [-0.1, -0.05) is 319 Å². The molecule has 0 aromatic rings. The number of carbonyl (C=O) groups excluding carboxylic acids is 1. The van der Waals surface area contributed by atoms with Crippen molar-refractivity contribution in [2.24, 2.45) is 0 Å². The van der Waals surface area contributed by atoms with E-state index in [0.29, 0.717) is 12.8 Å². The van der Waals surface area contributed by atoms with Gasteiger partial charge in [0.2, 0.25) is 5.91 Å². The van der Waals surface area contributed by atoms with Crippen LogP contribution < -0.4 is 5.32 Å². The lowest BCUT2D eigenvalue weighted by atomic mass is 9.96. The summed E-state index contributed by atoms with van der Waals surface area (Å²) in [5.41, 5.74) is 0. The molecule has 3 aliphatic heterocycles. The Morgan fingerprint density at radius 1 is 0.353 bits per heavy atom. The van der Waals surface area contributed by atoms with Crippen molar-refractivity contribution in [3.8, 4) is 0 Å². The van der Waals surface area contributed by atoms with E-state index in [-0.39, 0.29) is 18.9 Å². The molecule has 0 saturated carbocycles. The van der Waals surface area contributed by atoms with Crippen LogP contribution >= 0.6 is 0 Å². The number of ether oxygens (including phenoxy) is 6. The van der Waals surface area contributed by atoms with Crippen LogP contribution in [0.25, 0.3) is 0 Å². The molecular weight excluding hydrogens is 1300 g/mol. The molecule has 19 heteroatoms. The highest BCUT2D eigenvalue weighted by Gasteiger charge is 2.54. The number of nitrogens with one attached hydrogen (secondary N) is 1. The number of hydrogen-bond donors (Lipinski definition) is 12. The lowest BCUT2D eigenvalue weighted by Crippen LogP contribution is -2.66. The van der Waals surface area contributed by atoms with Crippen LogP contribution in [-0.4, -0.2) is 193 Å². The van der Waals surface area contributed by atoms with Gasteiger partial charge in [0.15, 0.2) is 18.9 Å². The monoisotopic (exact) mass is 1450 g/mol. The Balaban J connectivity index is 1.34. The van der Waals surface area contributed by atoms with Crippen LogP contribution in [0.15, 0.2) is 48.6 Å². The Kier molecular flexibility index (Phi) is 58.6. The van der Waals surface area contributed by atoms with Gasteiger partial charge in [-0.3, -0.25) is 4.79 Å². The molecule has 3 fully saturated rings. The summed E-state index contributed by atoms with van der Waals surface area (Å²) in [6.45, 7) is 1.75. The molecule has 0 aromatic heterocycles. The number of carbonyl (C=O) groups is 1. The van der Waals surface area contributed by atoms with E-state index < -0.39 is 124 Å². The number of hydrogen-bond acceptors (Lipinski definition) is 18. The standard InChI is InChI=1S/C83H153NO18/c1-3-5-7-9-11-13-15-17-19-21-23-25-27-28-29-30-31-32-33-34-35-36-37-38-39-41-43-45-47-49-51-53-55-57-59-61-71(89)84-66(67(88)60-58-56-54-52-50-48-46-44-42-40-26-24-22-20-18-16-14-12-10-8-6-4-2)65-97-81-77(95)74(92)79(69(63-86)99-81)102-83-78(96)75(93)80(70(64-87)100-83)101-82-76(94)73(91)72(90)68(62-85)98-82/h15,17,21,23,50,52,58,60,66-70,72-83,85-88,90-96H,3-14,16,18-20,22,24-49,51,53-57,59,61-65H2,1-2H3,(H,84,89)/b17-15-,23-21-,52-50+,60-58+. The fourth-order valence-electron chi connectivity index (χ4n) is 14.1. The van der Waals surface area contributed by atoms with Crippen LogP contribution in [0.4, 0.5) is 0 Å². The zero-order valence-electron chi connectivity index (χ0n) is 64.1. The summed E-state index contributed by atoms with van der Waals surface area (Å²) < 4.78 is 34.5. The first kappa shape index (κ1) is 94.0. The van der Waals surface area contributed by atoms with Gasteiger partial charge >= 0.3 is 0 Å². The third-order valence-electron chi connectivity index (χ3n) is 20.8. The van der Waals surface area contributed by atoms with Crippen molar-refractivity contribution < 1.29 is 89.4 Å². The molecule has 3 heterocycles. The highest BCUT2D eigenvalue weighted by molar-refractivity contribution is 5.76. The second kappa shape index (κ2) is 63.7. The van der Waals surface area contributed by atoms with Crippen molar-refractivity contribution in [2.75, 3.05) is 26.4 Å². The molecular formula is C83H153NO18. The molecule has 12 N–H and O–H groups in total. The Bertz CT molecular complexity index is 2030. The molecule has 17 atom stereocenters. The smallest absolute Gasteiger partial charge is 0.220 e. The van der Waals surface area contributed by atoms with Gasteiger partial charge in [0.1, 0.15) is 73.2 Å². The van der Waals surface area contributed by atoms with Crippen molar-refractivity contribution in [1.29, 1.82) is 0 Å². The first-order valence-corrected chi connectivity index (χ1v) is 41.9. The van der Waals surface area contributed by atoms with Crippen molar-refractivity contribution >= 4 is 5.91 Å². The zero-order chi connectivity index (χ0) is 73.9. The highest BCUT2D eigenvalue weighted by atomic mass is 16.8. The Hall–Kier alpha value is -2.25. The predicted octanol–water partition coefficient (Wildman–Crippen LogP) is 14.5. The molecule has 0 aliphatic carbocycles. The van der Waals surface area contributed by atoms with E-state index in [1.54, 1.807) is 6.08 Å².